The number of rotatable bonds is 1. The van der Waals surface area contributed by atoms with Gasteiger partial charge in [-0.2, -0.15) is 0 Å². The van der Waals surface area contributed by atoms with Crippen LogP contribution >= 0.6 is 0 Å². The Morgan fingerprint density at radius 1 is 1.33 bits per heavy atom. The molecule has 1 saturated heterocycles. The molecule has 0 radical (unpaired) electrons. The molecule has 1 atom stereocenters. The number of nitrogens with two attached hydrogens (primary N) is 1. The highest BCUT2D eigenvalue weighted by Gasteiger charge is 2.24. The van der Waals surface area contributed by atoms with Crippen molar-refractivity contribution in [3.8, 4) is 11.5 Å². The summed E-state index contributed by atoms with van der Waals surface area (Å²) in [5.74, 6) is 1.60. The van der Waals surface area contributed by atoms with Gasteiger partial charge in [0.2, 0.25) is 0 Å². The summed E-state index contributed by atoms with van der Waals surface area (Å²) in [6.07, 6.45) is 0. The van der Waals surface area contributed by atoms with E-state index in [2.05, 4.69) is 17.1 Å². The number of nitrogen functional groups attached to an aromatic ring is 1. The average Bonchev–Trinajstić information content (AvgIpc) is 2.37. The summed E-state index contributed by atoms with van der Waals surface area (Å²) in [6.45, 7) is 6.27. The molecule has 18 heavy (non-hydrogen) atoms. The van der Waals surface area contributed by atoms with E-state index in [0.717, 1.165) is 42.5 Å². The molecule has 2 heterocycles. The van der Waals surface area contributed by atoms with Crippen LogP contribution in [0.1, 0.15) is 6.92 Å². The van der Waals surface area contributed by atoms with Gasteiger partial charge in [0.1, 0.15) is 13.2 Å². The Bertz CT molecular complexity index is 450. The van der Waals surface area contributed by atoms with Crippen molar-refractivity contribution in [3.63, 3.8) is 0 Å². The zero-order valence-electron chi connectivity index (χ0n) is 10.6. The second-order valence-corrected chi connectivity index (χ2v) is 4.87. The van der Waals surface area contributed by atoms with Crippen LogP contribution in [-0.4, -0.2) is 38.9 Å². The van der Waals surface area contributed by atoms with Gasteiger partial charge in [0.05, 0.1) is 5.69 Å². The van der Waals surface area contributed by atoms with Crippen molar-refractivity contribution in [2.75, 3.05) is 43.5 Å². The van der Waals surface area contributed by atoms with Crippen LogP contribution in [0.4, 0.5) is 11.4 Å². The van der Waals surface area contributed by atoms with Gasteiger partial charge < -0.3 is 25.4 Å². The lowest BCUT2D eigenvalue weighted by Gasteiger charge is -2.35. The van der Waals surface area contributed by atoms with E-state index >= 15 is 0 Å². The molecule has 98 valence electrons. The van der Waals surface area contributed by atoms with Gasteiger partial charge in [0.25, 0.3) is 0 Å². The highest BCUT2D eigenvalue weighted by Crippen LogP contribution is 2.41. The predicted octanol–water partition coefficient (Wildman–Crippen LogP) is 0.838. The van der Waals surface area contributed by atoms with Crippen LogP contribution in [0, 0.1) is 0 Å². The van der Waals surface area contributed by atoms with Crippen LogP contribution < -0.4 is 25.4 Å². The molecule has 0 saturated carbocycles. The van der Waals surface area contributed by atoms with E-state index in [9.17, 15) is 0 Å². The number of ether oxygens (including phenoxy) is 2. The second-order valence-electron chi connectivity index (χ2n) is 4.87. The summed E-state index contributed by atoms with van der Waals surface area (Å²) in [7, 11) is 0. The first-order valence-electron chi connectivity index (χ1n) is 6.41. The number of hydrogen-bond donors (Lipinski definition) is 2. The maximum atomic E-state index is 5.95. The minimum absolute atomic E-state index is 0.473. The van der Waals surface area contributed by atoms with Crippen molar-refractivity contribution in [2.45, 2.75) is 13.0 Å². The molecule has 1 fully saturated rings. The zero-order chi connectivity index (χ0) is 12.5. The number of anilines is 2. The van der Waals surface area contributed by atoms with Crippen molar-refractivity contribution >= 4 is 11.4 Å². The fraction of sp³-hybridized carbons (Fsp3) is 0.538. The number of piperazine rings is 1. The monoisotopic (exact) mass is 249 g/mol. The molecule has 0 amide bonds. The van der Waals surface area contributed by atoms with Crippen LogP contribution in [0.5, 0.6) is 11.5 Å². The van der Waals surface area contributed by atoms with Gasteiger partial charge in [0.15, 0.2) is 11.5 Å². The first kappa shape index (κ1) is 11.5. The third-order valence-electron chi connectivity index (χ3n) is 3.35. The van der Waals surface area contributed by atoms with Crippen molar-refractivity contribution in [2.24, 2.45) is 0 Å². The molecule has 1 unspecified atom stereocenters. The van der Waals surface area contributed by atoms with Crippen LogP contribution in [-0.2, 0) is 0 Å². The molecule has 2 aliphatic heterocycles. The number of hydrogen-bond acceptors (Lipinski definition) is 5. The minimum atomic E-state index is 0.473. The first-order chi connectivity index (χ1) is 8.74. The predicted molar refractivity (Wildman–Crippen MR) is 71.5 cm³/mol. The van der Waals surface area contributed by atoms with Crippen molar-refractivity contribution in [1.29, 1.82) is 0 Å². The second kappa shape index (κ2) is 4.57. The topological polar surface area (TPSA) is 59.8 Å². The number of nitrogens with one attached hydrogen (secondary N) is 1. The molecule has 5 heteroatoms. The fourth-order valence-electron chi connectivity index (χ4n) is 2.54. The average molecular weight is 249 g/mol. The summed E-state index contributed by atoms with van der Waals surface area (Å²) in [6, 6.07) is 4.29. The van der Waals surface area contributed by atoms with Crippen LogP contribution in [0.25, 0.3) is 0 Å². The summed E-state index contributed by atoms with van der Waals surface area (Å²) in [5.41, 5.74) is 7.72. The lowest BCUT2D eigenvalue weighted by Crippen LogP contribution is -2.49. The number of benzene rings is 1. The van der Waals surface area contributed by atoms with Crippen molar-refractivity contribution in [3.05, 3.63) is 12.1 Å². The third-order valence-corrected chi connectivity index (χ3v) is 3.35. The summed E-state index contributed by atoms with van der Waals surface area (Å²) >= 11 is 0. The molecule has 5 nitrogen and oxygen atoms in total. The zero-order valence-corrected chi connectivity index (χ0v) is 10.6. The Morgan fingerprint density at radius 3 is 3.00 bits per heavy atom. The quantitative estimate of drug-likeness (QED) is 0.722. The van der Waals surface area contributed by atoms with Crippen molar-refractivity contribution < 1.29 is 9.47 Å². The van der Waals surface area contributed by atoms with E-state index in [4.69, 9.17) is 15.2 Å². The molecular weight excluding hydrogens is 230 g/mol. The Hall–Kier alpha value is -1.62. The van der Waals surface area contributed by atoms with Crippen molar-refractivity contribution in [1.82, 2.24) is 5.32 Å². The third kappa shape index (κ3) is 2.06. The molecule has 1 aromatic carbocycles. The molecule has 0 bridgehead atoms. The minimum Gasteiger partial charge on any atom is -0.486 e. The van der Waals surface area contributed by atoms with Gasteiger partial charge in [-0.05, 0) is 13.0 Å². The molecule has 0 spiro atoms. The fourth-order valence-corrected chi connectivity index (χ4v) is 2.54. The van der Waals surface area contributed by atoms with Gasteiger partial charge in [0, 0.05) is 37.4 Å². The van der Waals surface area contributed by atoms with E-state index in [-0.39, 0.29) is 0 Å². The van der Waals surface area contributed by atoms with Gasteiger partial charge in [-0.3, -0.25) is 0 Å². The highest BCUT2D eigenvalue weighted by molar-refractivity contribution is 5.71. The van der Waals surface area contributed by atoms with E-state index in [0.29, 0.717) is 19.3 Å². The van der Waals surface area contributed by atoms with E-state index in [1.807, 2.05) is 12.1 Å². The van der Waals surface area contributed by atoms with Gasteiger partial charge in [-0.1, -0.05) is 0 Å². The Balaban J connectivity index is 1.97. The van der Waals surface area contributed by atoms with Crippen LogP contribution in [0.15, 0.2) is 12.1 Å². The standard InChI is InChI=1S/C13H19N3O2/c1-9-8-16(3-2-15-9)11-6-10(14)7-12-13(11)18-5-4-17-12/h6-7,9,15H,2-5,8,14H2,1H3. The summed E-state index contributed by atoms with van der Waals surface area (Å²) in [4.78, 5) is 2.31. The normalized spacial score (nSPS) is 22.9. The molecule has 3 N–H and O–H groups in total. The lowest BCUT2D eigenvalue weighted by atomic mass is 10.1. The smallest absolute Gasteiger partial charge is 0.184 e. The maximum Gasteiger partial charge on any atom is 0.184 e. The summed E-state index contributed by atoms with van der Waals surface area (Å²) < 4.78 is 11.4. The first-order valence-corrected chi connectivity index (χ1v) is 6.41. The molecule has 0 aliphatic carbocycles. The SMILES string of the molecule is CC1CN(c2cc(N)cc3c2OCCO3)CCN1. The Kier molecular flexibility index (Phi) is 2.91. The number of nitrogens with zero attached hydrogens (tertiary/aromatic N) is 1. The Labute approximate surface area is 107 Å². The van der Waals surface area contributed by atoms with Gasteiger partial charge >= 0.3 is 0 Å². The van der Waals surface area contributed by atoms with E-state index in [1.165, 1.54) is 0 Å². The largest absolute Gasteiger partial charge is 0.486 e. The lowest BCUT2D eigenvalue weighted by molar-refractivity contribution is 0.172. The van der Waals surface area contributed by atoms with E-state index < -0.39 is 0 Å². The van der Waals surface area contributed by atoms with Gasteiger partial charge in [-0.25, -0.2) is 0 Å². The summed E-state index contributed by atoms with van der Waals surface area (Å²) in [5, 5.41) is 3.43. The molecule has 2 aliphatic rings. The van der Waals surface area contributed by atoms with E-state index in [1.54, 1.807) is 0 Å². The van der Waals surface area contributed by atoms with Gasteiger partial charge in [-0.15, -0.1) is 0 Å². The molecule has 0 aromatic heterocycles. The number of fused-ring (bicyclic) bond motifs is 1. The van der Waals surface area contributed by atoms with Crippen LogP contribution in [0.3, 0.4) is 0 Å². The molecule has 3 rings (SSSR count). The maximum absolute atomic E-state index is 5.95. The molecule has 1 aromatic rings. The van der Waals surface area contributed by atoms with Crippen LogP contribution in [0.2, 0.25) is 0 Å². The highest BCUT2D eigenvalue weighted by atomic mass is 16.6. The molecular formula is C13H19N3O2. The Morgan fingerprint density at radius 2 is 2.17 bits per heavy atom.